The summed E-state index contributed by atoms with van der Waals surface area (Å²) < 4.78 is 13.4. The lowest BCUT2D eigenvalue weighted by Gasteiger charge is -2.11. The lowest BCUT2D eigenvalue weighted by Crippen LogP contribution is -2.12. The zero-order valence-corrected chi connectivity index (χ0v) is 18.3. The number of aryl methyl sites for hydroxylation is 1. The van der Waals surface area contributed by atoms with Crippen LogP contribution in [0.1, 0.15) is 18.9 Å². The molecule has 0 bridgehead atoms. The number of para-hydroxylation sites is 1. The first kappa shape index (κ1) is 20.7. The Morgan fingerprint density at radius 2 is 1.70 bits per heavy atom. The number of rotatable bonds is 7. The summed E-state index contributed by atoms with van der Waals surface area (Å²) in [5.41, 5.74) is 3.08. The Kier molecular flexibility index (Phi) is 5.72. The largest absolute Gasteiger partial charge is 0.489 e. The van der Waals surface area contributed by atoms with Crippen LogP contribution in [0, 0.1) is 0 Å². The van der Waals surface area contributed by atoms with Gasteiger partial charge in [-0.3, -0.25) is 4.79 Å². The van der Waals surface area contributed by atoms with Crippen molar-refractivity contribution in [2.24, 2.45) is 0 Å². The van der Waals surface area contributed by atoms with Crippen LogP contribution in [0.5, 0.6) is 5.75 Å². The number of ether oxygens (including phenoxy) is 1. The van der Waals surface area contributed by atoms with Gasteiger partial charge in [0.05, 0.1) is 5.52 Å². The van der Waals surface area contributed by atoms with Gasteiger partial charge in [0.15, 0.2) is 0 Å². The molecule has 0 saturated heterocycles. The fourth-order valence-corrected chi connectivity index (χ4v) is 3.81. The molecule has 2 heterocycles. The van der Waals surface area contributed by atoms with Crippen LogP contribution in [0.2, 0.25) is 0 Å². The second-order valence-electron chi connectivity index (χ2n) is 7.80. The summed E-state index contributed by atoms with van der Waals surface area (Å²) in [6, 6.07) is 25.1. The van der Waals surface area contributed by atoms with Crippen molar-refractivity contribution >= 4 is 10.9 Å². The van der Waals surface area contributed by atoms with E-state index in [2.05, 4.69) is 21.6 Å². The van der Waals surface area contributed by atoms with Crippen molar-refractivity contribution in [1.82, 2.24) is 14.7 Å². The molecule has 0 aliphatic carbocycles. The average molecular weight is 437 g/mol. The smallest absolute Gasteiger partial charge is 0.263 e. The molecule has 164 valence electrons. The minimum Gasteiger partial charge on any atom is -0.489 e. The minimum atomic E-state index is -0.113. The summed E-state index contributed by atoms with van der Waals surface area (Å²) in [5.74, 6) is 1.40. The third-order valence-corrected chi connectivity index (χ3v) is 5.47. The normalized spacial score (nSPS) is 11.1. The summed E-state index contributed by atoms with van der Waals surface area (Å²) in [6.07, 6.45) is 2.76. The summed E-state index contributed by atoms with van der Waals surface area (Å²) >= 11 is 0. The van der Waals surface area contributed by atoms with Crippen LogP contribution >= 0.6 is 0 Å². The third-order valence-electron chi connectivity index (χ3n) is 5.47. The van der Waals surface area contributed by atoms with E-state index >= 15 is 0 Å². The molecule has 5 aromatic rings. The van der Waals surface area contributed by atoms with Crippen molar-refractivity contribution in [1.29, 1.82) is 0 Å². The number of nitrogens with zero attached hydrogens (tertiary/aromatic N) is 3. The van der Waals surface area contributed by atoms with Crippen LogP contribution in [0.3, 0.4) is 0 Å². The molecule has 6 heteroatoms. The van der Waals surface area contributed by atoms with Crippen molar-refractivity contribution in [2.75, 3.05) is 0 Å². The van der Waals surface area contributed by atoms with Gasteiger partial charge in [0.2, 0.25) is 11.3 Å². The van der Waals surface area contributed by atoms with Gasteiger partial charge in [0, 0.05) is 23.7 Å². The van der Waals surface area contributed by atoms with E-state index in [0.29, 0.717) is 23.4 Å². The van der Waals surface area contributed by atoms with Crippen molar-refractivity contribution < 1.29 is 9.26 Å². The van der Waals surface area contributed by atoms with Crippen LogP contribution in [0.15, 0.2) is 94.4 Å². The highest BCUT2D eigenvalue weighted by molar-refractivity contribution is 5.82. The predicted molar refractivity (Wildman–Crippen MR) is 128 cm³/mol. The highest BCUT2D eigenvalue weighted by Crippen LogP contribution is 2.24. The van der Waals surface area contributed by atoms with E-state index < -0.39 is 0 Å². The van der Waals surface area contributed by atoms with Crippen LogP contribution < -0.4 is 10.2 Å². The lowest BCUT2D eigenvalue weighted by molar-refractivity contribution is 0.306. The van der Waals surface area contributed by atoms with Gasteiger partial charge in [0.1, 0.15) is 17.9 Å². The predicted octanol–water partition coefficient (Wildman–Crippen LogP) is 5.71. The maximum atomic E-state index is 13.1. The number of aromatic nitrogens is 3. The van der Waals surface area contributed by atoms with Gasteiger partial charge < -0.3 is 13.8 Å². The standard InChI is InChI=1S/C27H23N3O3/c1-2-16-30-17-23(25(31)22-10-6-7-11-24(22)30)27-28-26(29-33-27)20-12-14-21(15-13-20)32-18-19-8-4-3-5-9-19/h3-15,17H,2,16,18H2,1H3. The van der Waals surface area contributed by atoms with Gasteiger partial charge in [-0.2, -0.15) is 4.98 Å². The SMILES string of the molecule is CCCn1cc(-c2nc(-c3ccc(OCc4ccccc4)cc3)no2)c(=O)c2ccccc21. The molecule has 0 atom stereocenters. The van der Waals surface area contributed by atoms with E-state index in [1.807, 2.05) is 85.1 Å². The molecule has 0 aliphatic rings. The minimum absolute atomic E-state index is 0.113. The molecular weight excluding hydrogens is 414 g/mol. The van der Waals surface area contributed by atoms with Crippen LogP contribution in [0.25, 0.3) is 33.7 Å². The molecule has 5 rings (SSSR count). The Hall–Kier alpha value is -4.19. The van der Waals surface area contributed by atoms with E-state index in [4.69, 9.17) is 9.26 Å². The topological polar surface area (TPSA) is 70.2 Å². The third kappa shape index (κ3) is 4.28. The molecule has 2 aromatic heterocycles. The van der Waals surface area contributed by atoms with Crippen molar-refractivity contribution in [3.8, 4) is 28.6 Å². The molecule has 0 spiro atoms. The van der Waals surface area contributed by atoms with E-state index in [1.165, 1.54) is 0 Å². The molecule has 0 aliphatic heterocycles. The van der Waals surface area contributed by atoms with Crippen LogP contribution in [-0.4, -0.2) is 14.7 Å². The second kappa shape index (κ2) is 9.12. The van der Waals surface area contributed by atoms with E-state index in [-0.39, 0.29) is 11.3 Å². The Morgan fingerprint density at radius 1 is 0.939 bits per heavy atom. The van der Waals surface area contributed by atoms with E-state index in [9.17, 15) is 4.79 Å². The van der Waals surface area contributed by atoms with Crippen molar-refractivity contribution in [2.45, 2.75) is 26.5 Å². The van der Waals surface area contributed by atoms with Gasteiger partial charge in [-0.15, -0.1) is 0 Å². The number of hydrogen-bond donors (Lipinski definition) is 0. The Labute approximate surface area is 191 Å². The van der Waals surface area contributed by atoms with Crippen LogP contribution in [-0.2, 0) is 13.2 Å². The second-order valence-corrected chi connectivity index (χ2v) is 7.80. The lowest BCUT2D eigenvalue weighted by atomic mass is 10.1. The zero-order chi connectivity index (χ0) is 22.6. The fourth-order valence-electron chi connectivity index (χ4n) is 3.81. The van der Waals surface area contributed by atoms with Gasteiger partial charge in [-0.05, 0) is 48.4 Å². The molecule has 0 unspecified atom stereocenters. The van der Waals surface area contributed by atoms with E-state index in [1.54, 1.807) is 0 Å². The Bertz CT molecular complexity index is 1440. The number of fused-ring (bicyclic) bond motifs is 1. The Morgan fingerprint density at radius 3 is 2.48 bits per heavy atom. The van der Waals surface area contributed by atoms with Crippen LogP contribution in [0.4, 0.5) is 0 Å². The number of benzene rings is 3. The van der Waals surface area contributed by atoms with Gasteiger partial charge >= 0.3 is 0 Å². The first-order valence-corrected chi connectivity index (χ1v) is 11.0. The number of hydrogen-bond acceptors (Lipinski definition) is 5. The van der Waals surface area contributed by atoms with Gasteiger partial charge in [-0.25, -0.2) is 0 Å². The summed E-state index contributed by atoms with van der Waals surface area (Å²) in [7, 11) is 0. The molecule has 6 nitrogen and oxygen atoms in total. The van der Waals surface area contributed by atoms with Gasteiger partial charge in [0.25, 0.3) is 5.89 Å². The summed E-state index contributed by atoms with van der Waals surface area (Å²) in [6.45, 7) is 3.39. The quantitative estimate of drug-likeness (QED) is 0.326. The fraction of sp³-hybridized carbons (Fsp3) is 0.148. The molecule has 0 N–H and O–H groups in total. The molecule has 33 heavy (non-hydrogen) atoms. The van der Waals surface area contributed by atoms with Crippen molar-refractivity contribution in [3.63, 3.8) is 0 Å². The Balaban J connectivity index is 1.41. The highest BCUT2D eigenvalue weighted by atomic mass is 16.5. The first-order valence-electron chi connectivity index (χ1n) is 11.0. The first-order chi connectivity index (χ1) is 16.2. The molecule has 0 saturated carbocycles. The molecule has 0 radical (unpaired) electrons. The average Bonchev–Trinajstić information content (AvgIpc) is 3.36. The molecular formula is C27H23N3O3. The summed E-state index contributed by atoms with van der Waals surface area (Å²) in [4.78, 5) is 17.6. The molecule has 3 aromatic carbocycles. The molecule has 0 fully saturated rings. The number of pyridine rings is 1. The van der Waals surface area contributed by atoms with Gasteiger partial charge in [-0.1, -0.05) is 54.5 Å². The van der Waals surface area contributed by atoms with E-state index in [0.717, 1.165) is 35.4 Å². The summed E-state index contributed by atoms with van der Waals surface area (Å²) in [5, 5.41) is 4.75. The highest BCUT2D eigenvalue weighted by Gasteiger charge is 2.17. The van der Waals surface area contributed by atoms with Crippen molar-refractivity contribution in [3.05, 3.63) is 101 Å². The maximum Gasteiger partial charge on any atom is 0.263 e. The molecule has 0 amide bonds. The zero-order valence-electron chi connectivity index (χ0n) is 18.3. The maximum absolute atomic E-state index is 13.1. The monoisotopic (exact) mass is 437 g/mol.